The summed E-state index contributed by atoms with van der Waals surface area (Å²) < 4.78 is 0. The molecule has 0 bridgehead atoms. The van der Waals surface area contributed by atoms with Crippen molar-refractivity contribution < 1.29 is 5.11 Å². The first-order chi connectivity index (χ1) is 9.28. The van der Waals surface area contributed by atoms with Crippen molar-refractivity contribution in [1.82, 2.24) is 19.9 Å². The quantitative estimate of drug-likeness (QED) is 0.692. The number of nitrogens with one attached hydrogen (secondary N) is 2. The number of aliphatic hydroxyl groups excluding tert-OH is 1. The monoisotopic (exact) mass is 258 g/mol. The third kappa shape index (κ3) is 2.32. The second-order valence-electron chi connectivity index (χ2n) is 4.42. The lowest BCUT2D eigenvalue weighted by molar-refractivity contribution is 0.0275. The largest absolute Gasteiger partial charge is 0.389 e. The Balaban J connectivity index is 1.80. The maximum atomic E-state index is 10.0. The lowest BCUT2D eigenvalue weighted by Gasteiger charge is -2.47. The topological polar surface area (TPSA) is 95.8 Å². The molecule has 0 unspecified atom stereocenters. The molecule has 0 radical (unpaired) electrons. The van der Waals surface area contributed by atoms with Gasteiger partial charge >= 0.3 is 0 Å². The van der Waals surface area contributed by atoms with Crippen LogP contribution in [-0.2, 0) is 0 Å². The highest BCUT2D eigenvalue weighted by Gasteiger charge is 2.47. The fraction of sp³-hybridized carbons (Fsp3) is 0.333. The molecule has 98 valence electrons. The van der Waals surface area contributed by atoms with E-state index in [1.54, 1.807) is 36.9 Å². The van der Waals surface area contributed by atoms with Gasteiger partial charge in [-0.15, -0.1) is 0 Å². The van der Waals surface area contributed by atoms with E-state index in [1.165, 1.54) is 0 Å². The zero-order valence-electron chi connectivity index (χ0n) is 10.2. The zero-order chi connectivity index (χ0) is 13.1. The summed E-state index contributed by atoms with van der Waals surface area (Å²) >= 11 is 0. The van der Waals surface area contributed by atoms with Gasteiger partial charge in [0.2, 0.25) is 11.9 Å². The van der Waals surface area contributed by atoms with Crippen LogP contribution >= 0.6 is 0 Å². The standard InChI is InChI=1S/C12H14N6O/c19-9-3-4-12(9,17-10-13-5-1-6-14-10)18-11-15-7-2-8-16-11/h1-2,5-9,19H,3-4H2,(H,13,14,17)(H,15,16,18)/t9-/m0/s1. The van der Waals surface area contributed by atoms with Crippen molar-refractivity contribution in [2.24, 2.45) is 0 Å². The van der Waals surface area contributed by atoms with Gasteiger partial charge in [0.1, 0.15) is 5.66 Å². The third-order valence-corrected chi connectivity index (χ3v) is 3.18. The number of hydrogen-bond acceptors (Lipinski definition) is 7. The van der Waals surface area contributed by atoms with Gasteiger partial charge in [0, 0.05) is 24.8 Å². The lowest BCUT2D eigenvalue weighted by atomic mass is 9.81. The molecule has 0 saturated heterocycles. The molecule has 0 aromatic carbocycles. The summed E-state index contributed by atoms with van der Waals surface area (Å²) in [4.78, 5) is 16.4. The van der Waals surface area contributed by atoms with Crippen LogP contribution in [-0.4, -0.2) is 36.8 Å². The fourth-order valence-corrected chi connectivity index (χ4v) is 2.01. The van der Waals surface area contributed by atoms with E-state index in [1.807, 2.05) is 0 Å². The molecule has 1 saturated carbocycles. The van der Waals surface area contributed by atoms with Crippen molar-refractivity contribution in [2.45, 2.75) is 24.6 Å². The average molecular weight is 258 g/mol. The number of nitrogens with zero attached hydrogens (tertiary/aromatic N) is 4. The van der Waals surface area contributed by atoms with Crippen LogP contribution in [0.5, 0.6) is 0 Å². The number of aliphatic hydroxyl groups is 1. The SMILES string of the molecule is O[C@H]1CCC1(Nc1ncccn1)Nc1ncccn1. The number of rotatable bonds is 4. The van der Waals surface area contributed by atoms with E-state index in [9.17, 15) is 5.11 Å². The van der Waals surface area contributed by atoms with Gasteiger partial charge in [-0.1, -0.05) is 0 Å². The van der Waals surface area contributed by atoms with Gasteiger partial charge < -0.3 is 15.7 Å². The molecular formula is C12H14N6O. The van der Waals surface area contributed by atoms with Crippen LogP contribution < -0.4 is 10.6 Å². The smallest absolute Gasteiger partial charge is 0.224 e. The van der Waals surface area contributed by atoms with Gasteiger partial charge in [-0.2, -0.15) is 0 Å². The van der Waals surface area contributed by atoms with E-state index in [0.717, 1.165) is 6.42 Å². The predicted octanol–water partition coefficient (Wildman–Crippen LogP) is 0.642. The number of hydrogen-bond donors (Lipinski definition) is 3. The Morgan fingerprint density at radius 2 is 1.42 bits per heavy atom. The average Bonchev–Trinajstić information content (AvgIpc) is 2.47. The van der Waals surface area contributed by atoms with Crippen molar-refractivity contribution in [3.63, 3.8) is 0 Å². The fourth-order valence-electron chi connectivity index (χ4n) is 2.01. The Bertz CT molecular complexity index is 493. The maximum Gasteiger partial charge on any atom is 0.224 e. The summed E-state index contributed by atoms with van der Waals surface area (Å²) in [5, 5.41) is 16.3. The van der Waals surface area contributed by atoms with Crippen LogP contribution in [0.4, 0.5) is 11.9 Å². The molecule has 0 amide bonds. The van der Waals surface area contributed by atoms with Gasteiger partial charge in [0.25, 0.3) is 0 Å². The summed E-state index contributed by atoms with van der Waals surface area (Å²) in [7, 11) is 0. The molecular weight excluding hydrogens is 244 g/mol. The third-order valence-electron chi connectivity index (χ3n) is 3.18. The Hall–Kier alpha value is -2.28. The van der Waals surface area contributed by atoms with Gasteiger partial charge in [0.05, 0.1) is 6.10 Å². The van der Waals surface area contributed by atoms with Gasteiger partial charge in [-0.05, 0) is 25.0 Å². The maximum absolute atomic E-state index is 10.0. The molecule has 2 aromatic rings. The van der Waals surface area contributed by atoms with Crippen LogP contribution in [0.3, 0.4) is 0 Å². The summed E-state index contributed by atoms with van der Waals surface area (Å²) in [6.45, 7) is 0. The second-order valence-corrected chi connectivity index (χ2v) is 4.42. The van der Waals surface area contributed by atoms with E-state index in [4.69, 9.17) is 0 Å². The Morgan fingerprint density at radius 3 is 1.74 bits per heavy atom. The van der Waals surface area contributed by atoms with Crippen molar-refractivity contribution >= 4 is 11.9 Å². The normalized spacial score (nSPS) is 20.4. The molecule has 1 atom stereocenters. The molecule has 2 aromatic heterocycles. The first-order valence-electron chi connectivity index (χ1n) is 6.07. The number of anilines is 2. The molecule has 19 heavy (non-hydrogen) atoms. The minimum atomic E-state index is -0.706. The Labute approximate surface area is 110 Å². The van der Waals surface area contributed by atoms with E-state index in [0.29, 0.717) is 18.3 Å². The summed E-state index contributed by atoms with van der Waals surface area (Å²) in [6.07, 6.45) is 7.49. The molecule has 7 heteroatoms. The lowest BCUT2D eigenvalue weighted by Crippen LogP contribution is -2.63. The summed E-state index contributed by atoms with van der Waals surface area (Å²) in [6, 6.07) is 3.48. The van der Waals surface area contributed by atoms with Gasteiger partial charge in [-0.3, -0.25) is 0 Å². The molecule has 0 aliphatic heterocycles. The Morgan fingerprint density at radius 1 is 0.947 bits per heavy atom. The highest BCUT2D eigenvalue weighted by atomic mass is 16.3. The predicted molar refractivity (Wildman–Crippen MR) is 69.3 cm³/mol. The minimum Gasteiger partial charge on any atom is -0.389 e. The van der Waals surface area contributed by atoms with E-state index in [2.05, 4.69) is 30.6 Å². The van der Waals surface area contributed by atoms with Crippen LogP contribution in [0.15, 0.2) is 36.9 Å². The van der Waals surface area contributed by atoms with Gasteiger partial charge in [-0.25, -0.2) is 19.9 Å². The Kier molecular flexibility index (Phi) is 2.96. The van der Waals surface area contributed by atoms with Crippen molar-refractivity contribution in [1.29, 1.82) is 0 Å². The molecule has 1 aliphatic rings. The van der Waals surface area contributed by atoms with Gasteiger partial charge in [0.15, 0.2) is 0 Å². The van der Waals surface area contributed by atoms with E-state index < -0.39 is 11.8 Å². The number of aromatic nitrogens is 4. The highest BCUT2D eigenvalue weighted by molar-refractivity contribution is 5.41. The minimum absolute atomic E-state index is 0.463. The zero-order valence-corrected chi connectivity index (χ0v) is 10.2. The molecule has 1 aliphatic carbocycles. The van der Waals surface area contributed by atoms with Crippen molar-refractivity contribution in [2.75, 3.05) is 10.6 Å². The summed E-state index contributed by atoms with van der Waals surface area (Å²) in [5.74, 6) is 0.925. The molecule has 7 nitrogen and oxygen atoms in total. The van der Waals surface area contributed by atoms with Crippen LogP contribution in [0.1, 0.15) is 12.8 Å². The first kappa shape index (κ1) is 11.8. The molecule has 3 N–H and O–H groups in total. The van der Waals surface area contributed by atoms with Crippen molar-refractivity contribution in [3.8, 4) is 0 Å². The first-order valence-corrected chi connectivity index (χ1v) is 6.07. The van der Waals surface area contributed by atoms with Crippen LogP contribution in [0.2, 0.25) is 0 Å². The molecule has 0 spiro atoms. The summed E-state index contributed by atoms with van der Waals surface area (Å²) in [5.41, 5.74) is -0.706. The van der Waals surface area contributed by atoms with Crippen molar-refractivity contribution in [3.05, 3.63) is 36.9 Å². The molecule has 1 fully saturated rings. The highest BCUT2D eigenvalue weighted by Crippen LogP contribution is 2.35. The van der Waals surface area contributed by atoms with E-state index in [-0.39, 0.29) is 0 Å². The van der Waals surface area contributed by atoms with Crippen LogP contribution in [0, 0.1) is 0 Å². The molecule has 3 rings (SSSR count). The molecule has 2 heterocycles. The second kappa shape index (κ2) is 4.77. The van der Waals surface area contributed by atoms with E-state index >= 15 is 0 Å². The van der Waals surface area contributed by atoms with Crippen LogP contribution in [0.25, 0.3) is 0 Å².